The molecule has 0 aliphatic heterocycles. The Morgan fingerprint density at radius 1 is 0.962 bits per heavy atom. The third-order valence-electron chi connectivity index (χ3n) is 4.09. The summed E-state index contributed by atoms with van der Waals surface area (Å²) in [6.07, 6.45) is 0. The summed E-state index contributed by atoms with van der Waals surface area (Å²) >= 11 is 1.64. The lowest BCUT2D eigenvalue weighted by Crippen LogP contribution is -2.27. The van der Waals surface area contributed by atoms with Gasteiger partial charge in [0.1, 0.15) is 5.82 Å². The lowest BCUT2D eigenvalue weighted by Gasteiger charge is -2.16. The molecule has 26 heavy (non-hydrogen) atoms. The Kier molecular flexibility index (Phi) is 6.08. The second-order valence-corrected chi connectivity index (χ2v) is 7.03. The molecule has 0 unspecified atom stereocenters. The lowest BCUT2D eigenvalue weighted by atomic mass is 10.1. The van der Waals surface area contributed by atoms with E-state index in [0.717, 1.165) is 16.2 Å². The van der Waals surface area contributed by atoms with E-state index in [1.165, 1.54) is 17.7 Å². The second kappa shape index (κ2) is 8.68. The van der Waals surface area contributed by atoms with Crippen molar-refractivity contribution in [3.05, 3.63) is 101 Å². The van der Waals surface area contributed by atoms with Gasteiger partial charge in [0.15, 0.2) is 0 Å². The fourth-order valence-electron chi connectivity index (χ4n) is 2.62. The minimum absolute atomic E-state index is 0.127. The van der Waals surface area contributed by atoms with E-state index in [2.05, 4.69) is 17.4 Å². The number of hydrogen-bond donors (Lipinski definition) is 1. The quantitative estimate of drug-likeness (QED) is 0.575. The van der Waals surface area contributed by atoms with Crippen molar-refractivity contribution in [3.8, 4) is 0 Å². The highest BCUT2D eigenvalue weighted by atomic mass is 32.2. The smallest absolute Gasteiger partial charge is 0.252 e. The first-order valence-electron chi connectivity index (χ1n) is 8.45. The predicted octanol–water partition coefficient (Wildman–Crippen LogP) is 5.61. The summed E-state index contributed by atoms with van der Waals surface area (Å²) in [5.74, 6) is 0.395. The third kappa shape index (κ3) is 4.73. The molecule has 2 nitrogen and oxygen atoms in total. The fourth-order valence-corrected chi connectivity index (χ4v) is 3.63. The minimum atomic E-state index is -0.282. The van der Waals surface area contributed by atoms with Gasteiger partial charge in [0.2, 0.25) is 0 Å². The molecule has 132 valence electrons. The van der Waals surface area contributed by atoms with Gasteiger partial charge in [-0.05, 0) is 42.3 Å². The maximum absolute atomic E-state index is 13.1. The number of thioether (sulfide) groups is 1. The van der Waals surface area contributed by atoms with Gasteiger partial charge in [0, 0.05) is 10.6 Å². The van der Waals surface area contributed by atoms with Crippen LogP contribution in [0.4, 0.5) is 4.39 Å². The summed E-state index contributed by atoms with van der Waals surface area (Å²) in [7, 11) is 0. The van der Waals surface area contributed by atoms with Gasteiger partial charge in [-0.1, -0.05) is 54.6 Å². The second-order valence-electron chi connectivity index (χ2n) is 6.02. The van der Waals surface area contributed by atoms with Crippen molar-refractivity contribution in [1.82, 2.24) is 5.32 Å². The van der Waals surface area contributed by atoms with E-state index in [0.29, 0.717) is 5.56 Å². The zero-order chi connectivity index (χ0) is 18.4. The number of benzene rings is 3. The summed E-state index contributed by atoms with van der Waals surface area (Å²) in [4.78, 5) is 13.7. The van der Waals surface area contributed by atoms with Crippen LogP contribution >= 0.6 is 11.8 Å². The molecule has 0 aromatic heterocycles. The molecule has 3 aromatic carbocycles. The first kappa shape index (κ1) is 18.2. The van der Waals surface area contributed by atoms with Gasteiger partial charge < -0.3 is 5.32 Å². The van der Waals surface area contributed by atoms with E-state index in [9.17, 15) is 9.18 Å². The van der Waals surface area contributed by atoms with Crippen LogP contribution in [0.3, 0.4) is 0 Å². The Morgan fingerprint density at radius 3 is 2.35 bits per heavy atom. The molecular formula is C22H20FNOS. The molecule has 0 bridgehead atoms. The third-order valence-corrected chi connectivity index (χ3v) is 5.23. The summed E-state index contributed by atoms with van der Waals surface area (Å²) in [5.41, 5.74) is 2.74. The van der Waals surface area contributed by atoms with Crippen LogP contribution in [0.2, 0.25) is 0 Å². The molecule has 0 aliphatic rings. The Hall–Kier alpha value is -2.59. The molecule has 0 aliphatic carbocycles. The molecule has 1 N–H and O–H groups in total. The van der Waals surface area contributed by atoms with Crippen LogP contribution in [0.25, 0.3) is 0 Å². The summed E-state index contributed by atoms with van der Waals surface area (Å²) in [6, 6.07) is 23.8. The number of halogens is 1. The summed E-state index contributed by atoms with van der Waals surface area (Å²) < 4.78 is 13.1. The van der Waals surface area contributed by atoms with Crippen molar-refractivity contribution in [2.24, 2.45) is 0 Å². The van der Waals surface area contributed by atoms with Crippen molar-refractivity contribution < 1.29 is 9.18 Å². The number of carbonyl (C=O) groups is 1. The van der Waals surface area contributed by atoms with Gasteiger partial charge in [-0.15, -0.1) is 11.8 Å². The summed E-state index contributed by atoms with van der Waals surface area (Å²) in [6.45, 7) is 1.89. The maximum Gasteiger partial charge on any atom is 0.252 e. The SMILES string of the molecule is C[C@H](NC(=O)c1ccccc1SCc1ccccc1)c1ccc(F)cc1. The highest BCUT2D eigenvalue weighted by molar-refractivity contribution is 7.98. The van der Waals surface area contributed by atoms with E-state index in [1.54, 1.807) is 23.9 Å². The van der Waals surface area contributed by atoms with Crippen LogP contribution in [-0.2, 0) is 5.75 Å². The molecule has 1 amide bonds. The normalized spacial score (nSPS) is 11.8. The number of rotatable bonds is 6. The molecule has 0 fully saturated rings. The molecule has 0 spiro atoms. The molecule has 3 aromatic rings. The Bertz CT molecular complexity index is 865. The maximum atomic E-state index is 13.1. The first-order valence-corrected chi connectivity index (χ1v) is 9.44. The van der Waals surface area contributed by atoms with E-state index in [4.69, 9.17) is 0 Å². The number of amides is 1. The molecule has 3 rings (SSSR count). The summed E-state index contributed by atoms with van der Waals surface area (Å²) in [5, 5.41) is 3.00. The Balaban J connectivity index is 1.70. The van der Waals surface area contributed by atoms with Crippen molar-refractivity contribution in [2.75, 3.05) is 0 Å². The van der Waals surface area contributed by atoms with Crippen LogP contribution in [0.5, 0.6) is 0 Å². The van der Waals surface area contributed by atoms with Crippen molar-refractivity contribution in [2.45, 2.75) is 23.6 Å². The molecule has 1 atom stereocenters. The van der Waals surface area contributed by atoms with Crippen LogP contribution in [-0.4, -0.2) is 5.91 Å². The lowest BCUT2D eigenvalue weighted by molar-refractivity contribution is 0.0937. The Morgan fingerprint density at radius 2 is 1.62 bits per heavy atom. The van der Waals surface area contributed by atoms with Crippen LogP contribution in [0.1, 0.15) is 34.5 Å². The topological polar surface area (TPSA) is 29.1 Å². The van der Waals surface area contributed by atoms with Gasteiger partial charge in [-0.3, -0.25) is 4.79 Å². The number of nitrogens with one attached hydrogen (secondary N) is 1. The average molecular weight is 365 g/mol. The van der Waals surface area contributed by atoms with E-state index < -0.39 is 0 Å². The molecule has 0 saturated heterocycles. The van der Waals surface area contributed by atoms with Crippen LogP contribution in [0.15, 0.2) is 83.8 Å². The first-order chi connectivity index (χ1) is 12.6. The van der Waals surface area contributed by atoms with Crippen molar-refractivity contribution in [3.63, 3.8) is 0 Å². The van der Waals surface area contributed by atoms with E-state index >= 15 is 0 Å². The molecule has 0 heterocycles. The Labute approximate surface area is 157 Å². The average Bonchev–Trinajstić information content (AvgIpc) is 2.68. The highest BCUT2D eigenvalue weighted by Gasteiger charge is 2.15. The number of hydrogen-bond acceptors (Lipinski definition) is 2. The highest BCUT2D eigenvalue weighted by Crippen LogP contribution is 2.27. The van der Waals surface area contributed by atoms with Gasteiger partial charge in [0.05, 0.1) is 11.6 Å². The van der Waals surface area contributed by atoms with E-state index in [1.807, 2.05) is 49.4 Å². The van der Waals surface area contributed by atoms with Crippen LogP contribution < -0.4 is 5.32 Å². The van der Waals surface area contributed by atoms with Crippen LogP contribution in [0, 0.1) is 5.82 Å². The fraction of sp³-hybridized carbons (Fsp3) is 0.136. The van der Waals surface area contributed by atoms with Crippen molar-refractivity contribution in [1.29, 1.82) is 0 Å². The molecule has 0 saturated carbocycles. The predicted molar refractivity (Wildman–Crippen MR) is 105 cm³/mol. The standard InChI is InChI=1S/C22H20FNOS/c1-16(18-11-13-19(23)14-12-18)24-22(25)20-9-5-6-10-21(20)26-15-17-7-3-2-4-8-17/h2-14,16H,15H2,1H3,(H,24,25)/t16-/m0/s1. The zero-order valence-corrected chi connectivity index (χ0v) is 15.3. The monoisotopic (exact) mass is 365 g/mol. The van der Waals surface area contributed by atoms with E-state index in [-0.39, 0.29) is 17.8 Å². The van der Waals surface area contributed by atoms with Gasteiger partial charge in [-0.25, -0.2) is 4.39 Å². The van der Waals surface area contributed by atoms with Gasteiger partial charge in [-0.2, -0.15) is 0 Å². The molecular weight excluding hydrogens is 345 g/mol. The van der Waals surface area contributed by atoms with Crippen molar-refractivity contribution >= 4 is 17.7 Å². The zero-order valence-electron chi connectivity index (χ0n) is 14.5. The largest absolute Gasteiger partial charge is 0.345 e. The molecule has 0 radical (unpaired) electrons. The molecule has 4 heteroatoms. The number of carbonyl (C=O) groups excluding carboxylic acids is 1. The van der Waals surface area contributed by atoms with Gasteiger partial charge >= 0.3 is 0 Å². The minimum Gasteiger partial charge on any atom is -0.345 e. The van der Waals surface area contributed by atoms with Gasteiger partial charge in [0.25, 0.3) is 5.91 Å².